The van der Waals surface area contributed by atoms with Crippen molar-refractivity contribution < 1.29 is 4.39 Å². The van der Waals surface area contributed by atoms with Crippen LogP contribution in [-0.2, 0) is 6.42 Å². The zero-order valence-electron chi connectivity index (χ0n) is 17.3. The lowest BCUT2D eigenvalue weighted by Crippen LogP contribution is -2.15. The van der Waals surface area contributed by atoms with Crippen LogP contribution in [0.4, 0.5) is 4.39 Å². The van der Waals surface area contributed by atoms with Gasteiger partial charge in [0.05, 0.1) is 11.6 Å². The third-order valence-electron chi connectivity index (χ3n) is 6.44. The van der Waals surface area contributed by atoms with Gasteiger partial charge in [-0.05, 0) is 42.4 Å². The summed E-state index contributed by atoms with van der Waals surface area (Å²) >= 11 is 0. The molecule has 0 aliphatic heterocycles. The minimum atomic E-state index is -0.211. The Morgan fingerprint density at radius 1 is 0.889 bits per heavy atom. The van der Waals surface area contributed by atoms with Gasteiger partial charge < -0.3 is 0 Å². The summed E-state index contributed by atoms with van der Waals surface area (Å²) in [6, 6.07) is 6.90. The summed E-state index contributed by atoms with van der Waals surface area (Å²) < 4.78 is 14.0. The van der Waals surface area contributed by atoms with E-state index in [9.17, 15) is 4.39 Å². The molecular weight excluding hydrogens is 333 g/mol. The van der Waals surface area contributed by atoms with E-state index in [1.807, 2.05) is 6.07 Å². The fourth-order valence-corrected chi connectivity index (χ4v) is 4.55. The highest BCUT2D eigenvalue weighted by atomic mass is 19.1. The topological polar surface area (TPSA) is 23.8 Å². The quantitative estimate of drug-likeness (QED) is 0.342. The van der Waals surface area contributed by atoms with Crippen LogP contribution in [0.2, 0.25) is 0 Å². The normalized spacial score (nSPS) is 19.7. The molecule has 0 N–H and O–H groups in total. The lowest BCUT2D eigenvalue weighted by Gasteiger charge is -2.28. The lowest BCUT2D eigenvalue weighted by atomic mass is 9.77. The maximum Gasteiger partial charge on any atom is 0.127 e. The SMILES string of the molecule is CCCCCCCCCC[C@H]1CC[C@H](CCc2ccc(C#N)cc2F)CC1. The van der Waals surface area contributed by atoms with E-state index in [-0.39, 0.29) is 5.82 Å². The van der Waals surface area contributed by atoms with Crippen molar-refractivity contribution in [3.8, 4) is 6.07 Å². The van der Waals surface area contributed by atoms with E-state index in [0.717, 1.165) is 30.2 Å². The Balaban J connectivity index is 1.53. The number of nitrogens with zero attached hydrogens (tertiary/aromatic N) is 1. The first-order valence-electron chi connectivity index (χ1n) is 11.4. The second-order valence-electron chi connectivity index (χ2n) is 8.61. The molecule has 2 heteroatoms. The molecule has 1 saturated carbocycles. The number of hydrogen-bond acceptors (Lipinski definition) is 1. The molecule has 0 heterocycles. The molecule has 1 aliphatic carbocycles. The largest absolute Gasteiger partial charge is 0.207 e. The Morgan fingerprint density at radius 2 is 1.48 bits per heavy atom. The molecule has 1 nitrogen and oxygen atoms in total. The summed E-state index contributed by atoms with van der Waals surface area (Å²) in [4.78, 5) is 0. The summed E-state index contributed by atoms with van der Waals surface area (Å²) in [5, 5.41) is 8.83. The van der Waals surface area contributed by atoms with Gasteiger partial charge >= 0.3 is 0 Å². The maximum absolute atomic E-state index is 14.0. The second kappa shape index (κ2) is 12.9. The smallest absolute Gasteiger partial charge is 0.127 e. The molecule has 1 aromatic rings. The van der Waals surface area contributed by atoms with Gasteiger partial charge in [-0.3, -0.25) is 0 Å². The van der Waals surface area contributed by atoms with Crippen molar-refractivity contribution in [2.24, 2.45) is 11.8 Å². The van der Waals surface area contributed by atoms with E-state index in [4.69, 9.17) is 5.26 Å². The third kappa shape index (κ3) is 8.46. The van der Waals surface area contributed by atoms with Crippen molar-refractivity contribution in [3.63, 3.8) is 0 Å². The molecule has 0 spiro atoms. The fraction of sp³-hybridized carbons (Fsp3) is 0.720. The van der Waals surface area contributed by atoms with Crippen LogP contribution < -0.4 is 0 Å². The van der Waals surface area contributed by atoms with Gasteiger partial charge in [-0.15, -0.1) is 0 Å². The Kier molecular flexibility index (Phi) is 10.5. The standard InChI is InChI=1S/C25H38FN/c1-2-3-4-5-6-7-8-9-10-21-11-13-22(14-12-21)15-17-24-18-16-23(20-27)19-25(24)26/h16,18-19,21-22H,2-15,17H2,1H3/t21-,22-. The van der Waals surface area contributed by atoms with Crippen LogP contribution in [0.25, 0.3) is 0 Å². The van der Waals surface area contributed by atoms with Gasteiger partial charge in [-0.1, -0.05) is 96.5 Å². The van der Waals surface area contributed by atoms with E-state index in [1.165, 1.54) is 89.5 Å². The van der Waals surface area contributed by atoms with Crippen LogP contribution in [0.5, 0.6) is 0 Å². The van der Waals surface area contributed by atoms with Crippen molar-refractivity contribution >= 4 is 0 Å². The Bertz CT molecular complexity index is 566. The molecule has 2 rings (SSSR count). The van der Waals surface area contributed by atoms with Crippen LogP contribution in [0.1, 0.15) is 108 Å². The molecular formula is C25H38FN. The zero-order valence-corrected chi connectivity index (χ0v) is 17.3. The van der Waals surface area contributed by atoms with Crippen LogP contribution in [0.3, 0.4) is 0 Å². The second-order valence-corrected chi connectivity index (χ2v) is 8.61. The lowest BCUT2D eigenvalue weighted by molar-refractivity contribution is 0.248. The van der Waals surface area contributed by atoms with Crippen molar-refractivity contribution in [2.45, 2.75) is 103 Å². The summed E-state index contributed by atoms with van der Waals surface area (Å²) in [5.41, 5.74) is 1.19. The summed E-state index contributed by atoms with van der Waals surface area (Å²) in [5.74, 6) is 1.49. The van der Waals surface area contributed by atoms with E-state index in [0.29, 0.717) is 5.56 Å². The predicted molar refractivity (Wildman–Crippen MR) is 112 cm³/mol. The highest BCUT2D eigenvalue weighted by molar-refractivity contribution is 5.32. The average Bonchev–Trinajstić information content (AvgIpc) is 2.70. The minimum absolute atomic E-state index is 0.211. The molecule has 0 amide bonds. The molecule has 0 saturated heterocycles. The fourth-order valence-electron chi connectivity index (χ4n) is 4.55. The third-order valence-corrected chi connectivity index (χ3v) is 6.44. The number of rotatable bonds is 12. The van der Waals surface area contributed by atoms with Crippen molar-refractivity contribution in [1.82, 2.24) is 0 Å². The Morgan fingerprint density at radius 3 is 2.07 bits per heavy atom. The average molecular weight is 372 g/mol. The molecule has 1 fully saturated rings. The van der Waals surface area contributed by atoms with Crippen molar-refractivity contribution in [3.05, 3.63) is 35.1 Å². The first-order valence-corrected chi connectivity index (χ1v) is 11.4. The van der Waals surface area contributed by atoms with Gasteiger partial charge in [0.1, 0.15) is 5.82 Å². The van der Waals surface area contributed by atoms with Gasteiger partial charge in [-0.25, -0.2) is 4.39 Å². The molecule has 0 unspecified atom stereocenters. The van der Waals surface area contributed by atoms with E-state index in [2.05, 4.69) is 6.92 Å². The maximum atomic E-state index is 14.0. The molecule has 150 valence electrons. The molecule has 1 aliphatic rings. The van der Waals surface area contributed by atoms with Gasteiger partial charge in [-0.2, -0.15) is 5.26 Å². The summed E-state index contributed by atoms with van der Waals surface area (Å²) in [6.45, 7) is 2.28. The van der Waals surface area contributed by atoms with Crippen LogP contribution in [0.15, 0.2) is 18.2 Å². The monoisotopic (exact) mass is 371 g/mol. The molecule has 1 aromatic carbocycles. The summed E-state index contributed by atoms with van der Waals surface area (Å²) in [7, 11) is 0. The van der Waals surface area contributed by atoms with E-state index >= 15 is 0 Å². The van der Waals surface area contributed by atoms with Crippen LogP contribution >= 0.6 is 0 Å². The first-order chi connectivity index (χ1) is 13.2. The molecule has 0 bridgehead atoms. The number of halogens is 1. The molecule has 0 radical (unpaired) electrons. The van der Waals surface area contributed by atoms with Crippen LogP contribution in [0, 0.1) is 29.0 Å². The van der Waals surface area contributed by atoms with Crippen molar-refractivity contribution in [2.75, 3.05) is 0 Å². The number of aryl methyl sites for hydroxylation is 1. The predicted octanol–water partition coefficient (Wildman–Crippen LogP) is 7.97. The summed E-state index contributed by atoms with van der Waals surface area (Å²) in [6.07, 6.45) is 20.0. The number of unbranched alkanes of at least 4 members (excludes halogenated alkanes) is 7. The van der Waals surface area contributed by atoms with E-state index in [1.54, 1.807) is 12.1 Å². The Hall–Kier alpha value is -1.36. The Labute approximate surface area is 166 Å². The number of hydrogen-bond donors (Lipinski definition) is 0. The van der Waals surface area contributed by atoms with Crippen LogP contribution in [-0.4, -0.2) is 0 Å². The first kappa shape index (κ1) is 21.9. The molecule has 27 heavy (non-hydrogen) atoms. The van der Waals surface area contributed by atoms with Gasteiger partial charge in [0, 0.05) is 0 Å². The van der Waals surface area contributed by atoms with E-state index < -0.39 is 0 Å². The number of nitriles is 1. The van der Waals surface area contributed by atoms with Crippen molar-refractivity contribution in [1.29, 1.82) is 5.26 Å². The van der Waals surface area contributed by atoms with Gasteiger partial charge in [0.2, 0.25) is 0 Å². The zero-order chi connectivity index (χ0) is 19.3. The van der Waals surface area contributed by atoms with Gasteiger partial charge in [0.15, 0.2) is 0 Å². The molecule has 0 atom stereocenters. The number of benzene rings is 1. The van der Waals surface area contributed by atoms with Gasteiger partial charge in [0.25, 0.3) is 0 Å². The highest BCUT2D eigenvalue weighted by Gasteiger charge is 2.21. The molecule has 0 aromatic heterocycles. The highest BCUT2D eigenvalue weighted by Crippen LogP contribution is 2.34. The minimum Gasteiger partial charge on any atom is -0.207 e.